The lowest BCUT2D eigenvalue weighted by molar-refractivity contribution is -0.0497. The Hall–Kier alpha value is -2.42. The van der Waals surface area contributed by atoms with E-state index in [0.29, 0.717) is 11.7 Å². The zero-order chi connectivity index (χ0) is 16.4. The maximum atomic E-state index is 12.2. The van der Waals surface area contributed by atoms with Crippen LogP contribution in [-0.2, 0) is 6.54 Å². The summed E-state index contributed by atoms with van der Waals surface area (Å²) in [7, 11) is 0. The molecule has 9 heteroatoms. The van der Waals surface area contributed by atoms with E-state index in [1.807, 2.05) is 0 Å². The number of fused-ring (bicyclic) bond motifs is 1. The summed E-state index contributed by atoms with van der Waals surface area (Å²) in [6.07, 6.45) is 1.22. The van der Waals surface area contributed by atoms with E-state index in [1.165, 1.54) is 46.8 Å². The molecule has 1 aliphatic heterocycles. The summed E-state index contributed by atoms with van der Waals surface area (Å²) >= 11 is 1.45. The van der Waals surface area contributed by atoms with Crippen LogP contribution in [0.1, 0.15) is 10.4 Å². The summed E-state index contributed by atoms with van der Waals surface area (Å²) in [5, 5.41) is 3.06. The largest absolute Gasteiger partial charge is 0.435 e. The molecule has 1 amide bonds. The molecule has 0 bridgehead atoms. The summed E-state index contributed by atoms with van der Waals surface area (Å²) in [5.41, 5.74) is -0.277. The molecular formula is C14H11F2N3O3S. The van der Waals surface area contributed by atoms with Gasteiger partial charge in [0.05, 0.1) is 0 Å². The second kappa shape index (κ2) is 6.37. The first kappa shape index (κ1) is 15.5. The van der Waals surface area contributed by atoms with Crippen LogP contribution in [0.25, 0.3) is 0 Å². The second-order valence-electron chi connectivity index (χ2n) is 4.62. The molecule has 1 N–H and O–H groups in total. The van der Waals surface area contributed by atoms with Crippen molar-refractivity contribution in [2.24, 2.45) is 0 Å². The third kappa shape index (κ3) is 3.34. The highest BCUT2D eigenvalue weighted by molar-refractivity contribution is 7.99. The maximum absolute atomic E-state index is 12.2. The topological polar surface area (TPSA) is 73.2 Å². The summed E-state index contributed by atoms with van der Waals surface area (Å²) < 4.78 is 30.1. The number of hydrogen-bond acceptors (Lipinski definition) is 5. The highest BCUT2D eigenvalue weighted by Gasteiger charge is 2.20. The summed E-state index contributed by atoms with van der Waals surface area (Å²) in [4.78, 5) is 28.5. The van der Waals surface area contributed by atoms with Crippen LogP contribution in [-0.4, -0.2) is 27.8 Å². The van der Waals surface area contributed by atoms with Crippen molar-refractivity contribution in [1.29, 1.82) is 0 Å². The number of halogens is 2. The van der Waals surface area contributed by atoms with Crippen molar-refractivity contribution in [3.63, 3.8) is 0 Å². The van der Waals surface area contributed by atoms with Crippen LogP contribution in [0.15, 0.2) is 40.4 Å². The Morgan fingerprint density at radius 2 is 2.26 bits per heavy atom. The molecule has 1 aromatic heterocycles. The van der Waals surface area contributed by atoms with Gasteiger partial charge in [0, 0.05) is 30.2 Å². The van der Waals surface area contributed by atoms with Crippen molar-refractivity contribution in [3.8, 4) is 5.75 Å². The van der Waals surface area contributed by atoms with Gasteiger partial charge in [0.15, 0.2) is 5.16 Å². The van der Waals surface area contributed by atoms with Crippen LogP contribution in [0.5, 0.6) is 5.75 Å². The summed E-state index contributed by atoms with van der Waals surface area (Å²) in [6, 6.07) is 5.55. The van der Waals surface area contributed by atoms with E-state index in [9.17, 15) is 18.4 Å². The Kier molecular flexibility index (Phi) is 4.28. The first-order chi connectivity index (χ1) is 11.0. The number of anilines is 1. The van der Waals surface area contributed by atoms with E-state index in [0.717, 1.165) is 5.75 Å². The number of alkyl halides is 2. The number of carbonyl (C=O) groups excluding carboxylic acids is 1. The predicted molar refractivity (Wildman–Crippen MR) is 80.2 cm³/mol. The maximum Gasteiger partial charge on any atom is 0.387 e. The molecule has 1 aliphatic rings. The van der Waals surface area contributed by atoms with Gasteiger partial charge in [0.1, 0.15) is 11.3 Å². The second-order valence-corrected chi connectivity index (χ2v) is 5.68. The molecule has 23 heavy (non-hydrogen) atoms. The lowest BCUT2D eigenvalue weighted by Crippen LogP contribution is -2.29. The number of carbonyl (C=O) groups is 1. The number of benzene rings is 1. The molecule has 0 unspecified atom stereocenters. The van der Waals surface area contributed by atoms with E-state index in [4.69, 9.17) is 0 Å². The van der Waals surface area contributed by atoms with Gasteiger partial charge < -0.3 is 10.1 Å². The molecule has 0 saturated carbocycles. The normalized spacial score (nSPS) is 13.0. The highest BCUT2D eigenvalue weighted by atomic mass is 32.2. The fraction of sp³-hybridized carbons (Fsp3) is 0.214. The fourth-order valence-electron chi connectivity index (χ4n) is 2.12. The molecule has 3 rings (SSSR count). The molecule has 0 saturated heterocycles. The van der Waals surface area contributed by atoms with Crippen LogP contribution in [0, 0.1) is 0 Å². The third-order valence-corrected chi connectivity index (χ3v) is 4.09. The minimum absolute atomic E-state index is 0.0852. The van der Waals surface area contributed by atoms with Gasteiger partial charge in [-0.15, -0.1) is 0 Å². The third-order valence-electron chi connectivity index (χ3n) is 3.12. The molecule has 0 fully saturated rings. The van der Waals surface area contributed by atoms with Crippen LogP contribution < -0.4 is 15.6 Å². The fourth-order valence-corrected chi connectivity index (χ4v) is 3.04. The lowest BCUT2D eigenvalue weighted by atomic mass is 10.2. The minimum atomic E-state index is -2.95. The predicted octanol–water partition coefficient (Wildman–Crippen LogP) is 2.20. The Balaban J connectivity index is 1.81. The van der Waals surface area contributed by atoms with Crippen molar-refractivity contribution in [2.75, 3.05) is 11.1 Å². The summed E-state index contributed by atoms with van der Waals surface area (Å²) in [6.45, 7) is -2.45. The Morgan fingerprint density at radius 3 is 3.04 bits per heavy atom. The van der Waals surface area contributed by atoms with Gasteiger partial charge in [-0.3, -0.25) is 14.2 Å². The van der Waals surface area contributed by atoms with Crippen molar-refractivity contribution in [1.82, 2.24) is 9.55 Å². The van der Waals surface area contributed by atoms with Gasteiger partial charge >= 0.3 is 6.61 Å². The number of ether oxygens (including phenoxy) is 1. The monoisotopic (exact) mass is 339 g/mol. The quantitative estimate of drug-likeness (QED) is 0.865. The van der Waals surface area contributed by atoms with E-state index in [2.05, 4.69) is 15.0 Å². The van der Waals surface area contributed by atoms with Gasteiger partial charge in [-0.05, 0) is 12.1 Å². The Labute approximate surface area is 133 Å². The van der Waals surface area contributed by atoms with Crippen molar-refractivity contribution in [2.45, 2.75) is 18.3 Å². The number of hydrogen-bond donors (Lipinski definition) is 1. The number of nitrogens with zero attached hydrogens (tertiary/aromatic N) is 2. The number of aromatic nitrogens is 2. The first-order valence-electron chi connectivity index (χ1n) is 6.63. The van der Waals surface area contributed by atoms with Crippen LogP contribution in [0.2, 0.25) is 0 Å². The van der Waals surface area contributed by atoms with Gasteiger partial charge in [-0.2, -0.15) is 8.78 Å². The van der Waals surface area contributed by atoms with E-state index >= 15 is 0 Å². The molecule has 1 aromatic carbocycles. The number of thioether (sulfide) groups is 1. The van der Waals surface area contributed by atoms with Crippen molar-refractivity contribution >= 4 is 23.4 Å². The van der Waals surface area contributed by atoms with Gasteiger partial charge in [-0.25, -0.2) is 4.98 Å². The van der Waals surface area contributed by atoms with Gasteiger partial charge in [0.25, 0.3) is 11.5 Å². The Bertz CT molecular complexity index is 810. The molecule has 6 nitrogen and oxygen atoms in total. The van der Waals surface area contributed by atoms with E-state index in [1.54, 1.807) is 0 Å². The van der Waals surface area contributed by atoms with Crippen LogP contribution in [0.3, 0.4) is 0 Å². The zero-order valence-electron chi connectivity index (χ0n) is 11.7. The standard InChI is InChI=1S/C14H11F2N3O3S/c15-13(16)22-9-3-1-2-8(6-9)18-11(20)10-7-17-14-19(12(10)21)4-5-23-14/h1-3,6-7,13H,4-5H2,(H,18,20). The average molecular weight is 339 g/mol. The number of nitrogens with one attached hydrogen (secondary N) is 1. The molecule has 0 spiro atoms. The highest BCUT2D eigenvalue weighted by Crippen LogP contribution is 2.22. The van der Waals surface area contributed by atoms with Crippen molar-refractivity contribution in [3.05, 3.63) is 46.4 Å². The SMILES string of the molecule is O=C(Nc1cccc(OC(F)F)c1)c1cnc2n(c1=O)CCS2. The molecule has 2 aromatic rings. The number of amides is 1. The van der Waals surface area contributed by atoms with E-state index < -0.39 is 18.1 Å². The minimum Gasteiger partial charge on any atom is -0.435 e. The van der Waals surface area contributed by atoms with Crippen LogP contribution in [0.4, 0.5) is 14.5 Å². The number of rotatable bonds is 4. The van der Waals surface area contributed by atoms with Crippen molar-refractivity contribution < 1.29 is 18.3 Å². The average Bonchev–Trinajstić information content (AvgIpc) is 2.96. The molecule has 0 aliphatic carbocycles. The molecule has 0 atom stereocenters. The lowest BCUT2D eigenvalue weighted by Gasteiger charge is -2.09. The van der Waals surface area contributed by atoms with Gasteiger partial charge in [0.2, 0.25) is 0 Å². The van der Waals surface area contributed by atoms with Crippen LogP contribution >= 0.6 is 11.8 Å². The van der Waals surface area contributed by atoms with Gasteiger partial charge in [-0.1, -0.05) is 17.8 Å². The smallest absolute Gasteiger partial charge is 0.387 e. The van der Waals surface area contributed by atoms with E-state index in [-0.39, 0.29) is 17.0 Å². The zero-order valence-corrected chi connectivity index (χ0v) is 12.5. The molecule has 120 valence electrons. The molecule has 2 heterocycles. The summed E-state index contributed by atoms with van der Waals surface area (Å²) in [5.74, 6) is 0.00208. The molecule has 0 radical (unpaired) electrons. The Morgan fingerprint density at radius 1 is 1.43 bits per heavy atom. The first-order valence-corrected chi connectivity index (χ1v) is 7.62. The molecular weight excluding hydrogens is 328 g/mol.